The Kier molecular flexibility index (Phi) is 17.0. The average molecular weight is 413 g/mol. The van der Waals surface area contributed by atoms with E-state index in [2.05, 4.69) is 47.6 Å². The molecule has 0 aromatic rings. The maximum atomic E-state index is 2.60. The predicted molar refractivity (Wildman–Crippen MR) is 134 cm³/mol. The summed E-state index contributed by atoms with van der Waals surface area (Å²) >= 11 is 0. The molecule has 0 radical (unpaired) electrons. The maximum Gasteiger partial charge on any atom is 0.0782 e. The van der Waals surface area contributed by atoms with Crippen LogP contribution in [0.4, 0.5) is 0 Å². The van der Waals surface area contributed by atoms with E-state index in [0.717, 1.165) is 5.54 Å². The van der Waals surface area contributed by atoms with Crippen molar-refractivity contribution in [2.24, 2.45) is 0 Å². The molecule has 0 amide bonds. The fraction of sp³-hybridized carbons (Fsp3) is 1.00. The van der Waals surface area contributed by atoms with Gasteiger partial charge in [-0.3, -0.25) is 0 Å². The third-order valence-electron chi connectivity index (χ3n) is 6.79. The Bertz CT molecular complexity index is 332. The Morgan fingerprint density at radius 1 is 0.536 bits per heavy atom. The number of rotatable bonds is 20. The van der Waals surface area contributed by atoms with Gasteiger partial charge >= 0.3 is 0 Å². The molecule has 2 heteroatoms. The summed E-state index contributed by atoms with van der Waals surface area (Å²) in [5, 5.41) is 0. The molecule has 0 aliphatic heterocycles. The zero-order valence-electron chi connectivity index (χ0n) is 21.3. The van der Waals surface area contributed by atoms with Crippen LogP contribution in [0.15, 0.2) is 0 Å². The molecule has 0 fully saturated rings. The minimum atomic E-state index is -1.02. The van der Waals surface area contributed by atoms with E-state index in [0.29, 0.717) is 0 Å². The minimum Gasteiger partial charge on any atom is -0.328 e. The molecular formula is C26H58NSi+. The lowest BCUT2D eigenvalue weighted by atomic mass is 10.0. The first-order chi connectivity index (χ1) is 13.2. The quantitative estimate of drug-likeness (QED) is 0.106. The van der Waals surface area contributed by atoms with Gasteiger partial charge in [-0.25, -0.2) is 0 Å². The SMILES string of the molecule is CCCCCCCCCCCCCCCC(CC[N+](C)(C)CCC)[Si](C)(C)C. The molecule has 170 valence electrons. The van der Waals surface area contributed by atoms with E-state index in [1.54, 1.807) is 0 Å². The topological polar surface area (TPSA) is 0 Å². The summed E-state index contributed by atoms with van der Waals surface area (Å²) in [5.41, 5.74) is 1.02. The largest absolute Gasteiger partial charge is 0.328 e. The molecule has 0 aromatic heterocycles. The molecule has 1 nitrogen and oxygen atoms in total. The summed E-state index contributed by atoms with van der Waals surface area (Å²) in [4.78, 5) is 0. The smallest absolute Gasteiger partial charge is 0.0782 e. The molecule has 0 saturated heterocycles. The van der Waals surface area contributed by atoms with Crippen LogP contribution in [-0.4, -0.2) is 39.7 Å². The highest BCUT2D eigenvalue weighted by Crippen LogP contribution is 2.32. The highest BCUT2D eigenvalue weighted by molar-refractivity contribution is 6.77. The first-order valence-electron chi connectivity index (χ1n) is 13.0. The van der Waals surface area contributed by atoms with E-state index >= 15 is 0 Å². The van der Waals surface area contributed by atoms with Crippen LogP contribution in [0.5, 0.6) is 0 Å². The Labute approximate surface area is 181 Å². The van der Waals surface area contributed by atoms with Gasteiger partial charge in [-0.2, -0.15) is 0 Å². The zero-order valence-corrected chi connectivity index (χ0v) is 22.3. The Balaban J connectivity index is 3.73. The molecule has 0 saturated carbocycles. The Morgan fingerprint density at radius 2 is 0.964 bits per heavy atom. The van der Waals surface area contributed by atoms with Crippen molar-refractivity contribution >= 4 is 8.07 Å². The van der Waals surface area contributed by atoms with Gasteiger partial charge in [0.2, 0.25) is 0 Å². The third-order valence-corrected chi connectivity index (χ3v) is 9.82. The highest BCUT2D eigenvalue weighted by Gasteiger charge is 2.28. The first kappa shape index (κ1) is 28.2. The lowest BCUT2D eigenvalue weighted by molar-refractivity contribution is -0.890. The molecule has 0 aliphatic carbocycles. The van der Waals surface area contributed by atoms with Gasteiger partial charge in [0.15, 0.2) is 0 Å². The van der Waals surface area contributed by atoms with Gasteiger partial charge in [0, 0.05) is 8.07 Å². The molecule has 1 unspecified atom stereocenters. The van der Waals surface area contributed by atoms with Crippen molar-refractivity contribution in [3.8, 4) is 0 Å². The van der Waals surface area contributed by atoms with Crippen molar-refractivity contribution in [2.75, 3.05) is 27.2 Å². The van der Waals surface area contributed by atoms with Gasteiger partial charge in [-0.1, -0.05) is 123 Å². The van der Waals surface area contributed by atoms with Crippen molar-refractivity contribution in [3.63, 3.8) is 0 Å². The van der Waals surface area contributed by atoms with Crippen molar-refractivity contribution < 1.29 is 4.48 Å². The van der Waals surface area contributed by atoms with E-state index in [1.165, 1.54) is 120 Å². The van der Waals surface area contributed by atoms with Crippen LogP contribution in [-0.2, 0) is 0 Å². The van der Waals surface area contributed by atoms with E-state index in [9.17, 15) is 0 Å². The Hall–Kier alpha value is 0.177. The van der Waals surface area contributed by atoms with Gasteiger partial charge in [0.1, 0.15) is 0 Å². The summed E-state index contributed by atoms with van der Waals surface area (Å²) in [6, 6.07) is 0. The number of hydrogen-bond donors (Lipinski definition) is 0. The van der Waals surface area contributed by atoms with E-state index in [4.69, 9.17) is 0 Å². The Morgan fingerprint density at radius 3 is 1.36 bits per heavy atom. The van der Waals surface area contributed by atoms with E-state index < -0.39 is 8.07 Å². The molecule has 0 spiro atoms. The second-order valence-electron chi connectivity index (χ2n) is 11.3. The molecule has 0 rings (SSSR count). The predicted octanol–water partition coefficient (Wildman–Crippen LogP) is 9.05. The molecular weight excluding hydrogens is 354 g/mol. The molecule has 0 heterocycles. The van der Waals surface area contributed by atoms with Crippen molar-refractivity contribution in [3.05, 3.63) is 0 Å². The van der Waals surface area contributed by atoms with Crippen LogP contribution in [0, 0.1) is 0 Å². The minimum absolute atomic E-state index is 1.02. The van der Waals surface area contributed by atoms with Gasteiger partial charge in [-0.15, -0.1) is 0 Å². The summed E-state index contributed by atoms with van der Waals surface area (Å²) in [7, 11) is 3.83. The molecule has 1 atom stereocenters. The number of unbranched alkanes of at least 4 members (excludes halogenated alkanes) is 12. The molecule has 0 N–H and O–H groups in total. The van der Waals surface area contributed by atoms with Gasteiger partial charge < -0.3 is 4.48 Å². The number of quaternary nitrogens is 1. The summed E-state index contributed by atoms with van der Waals surface area (Å²) in [6.45, 7) is 15.1. The van der Waals surface area contributed by atoms with Gasteiger partial charge in [0.05, 0.1) is 27.2 Å². The summed E-state index contributed by atoms with van der Waals surface area (Å²) in [6.07, 6.45) is 23.3. The summed E-state index contributed by atoms with van der Waals surface area (Å²) in [5.74, 6) is 0. The highest BCUT2D eigenvalue weighted by atomic mass is 28.3. The lowest BCUT2D eigenvalue weighted by Crippen LogP contribution is -2.43. The fourth-order valence-corrected chi connectivity index (χ4v) is 6.71. The van der Waals surface area contributed by atoms with Crippen LogP contribution in [0.2, 0.25) is 25.2 Å². The van der Waals surface area contributed by atoms with Crippen LogP contribution in [0.1, 0.15) is 117 Å². The molecule has 28 heavy (non-hydrogen) atoms. The van der Waals surface area contributed by atoms with E-state index in [-0.39, 0.29) is 0 Å². The standard InChI is InChI=1S/C26H58NSi/c1-8-10-11-12-13-14-15-16-17-18-19-20-21-22-26(28(5,6)7)23-25-27(3,4)24-9-2/h26H,8-25H2,1-7H3/q+1. The van der Waals surface area contributed by atoms with Crippen LogP contribution in [0.3, 0.4) is 0 Å². The number of nitrogens with zero attached hydrogens (tertiary/aromatic N) is 1. The lowest BCUT2D eigenvalue weighted by Gasteiger charge is -2.35. The van der Waals surface area contributed by atoms with Crippen molar-refractivity contribution in [1.82, 2.24) is 0 Å². The van der Waals surface area contributed by atoms with Crippen LogP contribution < -0.4 is 0 Å². The number of hydrogen-bond acceptors (Lipinski definition) is 0. The molecule has 0 aromatic carbocycles. The normalized spacial score (nSPS) is 13.8. The second kappa shape index (κ2) is 16.9. The first-order valence-corrected chi connectivity index (χ1v) is 16.6. The monoisotopic (exact) mass is 412 g/mol. The molecule has 0 aliphatic rings. The maximum absolute atomic E-state index is 2.60. The van der Waals surface area contributed by atoms with Crippen molar-refractivity contribution in [1.29, 1.82) is 0 Å². The van der Waals surface area contributed by atoms with E-state index in [1.807, 2.05) is 0 Å². The van der Waals surface area contributed by atoms with Gasteiger partial charge in [-0.05, 0) is 18.4 Å². The van der Waals surface area contributed by atoms with Crippen LogP contribution >= 0.6 is 0 Å². The fourth-order valence-electron chi connectivity index (χ4n) is 4.64. The summed E-state index contributed by atoms with van der Waals surface area (Å²) < 4.78 is 1.22. The zero-order chi connectivity index (χ0) is 21.3. The third kappa shape index (κ3) is 17.1. The second-order valence-corrected chi connectivity index (χ2v) is 16.8. The van der Waals surface area contributed by atoms with Gasteiger partial charge in [0.25, 0.3) is 0 Å². The van der Waals surface area contributed by atoms with Crippen LogP contribution in [0.25, 0.3) is 0 Å². The van der Waals surface area contributed by atoms with Crippen molar-refractivity contribution in [2.45, 2.75) is 142 Å². The average Bonchev–Trinajstić information content (AvgIpc) is 2.60. The molecule has 0 bridgehead atoms.